The molecule has 3 heterocycles. The number of hydrogen-bond acceptors (Lipinski definition) is 4. The number of benzene rings is 1. The van der Waals surface area contributed by atoms with Gasteiger partial charge < -0.3 is 9.64 Å². The zero-order valence-corrected chi connectivity index (χ0v) is 15.3. The van der Waals surface area contributed by atoms with E-state index in [1.165, 1.54) is 23.2 Å². The van der Waals surface area contributed by atoms with E-state index in [0.717, 1.165) is 45.8 Å². The van der Waals surface area contributed by atoms with Gasteiger partial charge in [-0.25, -0.2) is 0 Å². The Bertz CT molecular complexity index is 724. The summed E-state index contributed by atoms with van der Waals surface area (Å²) in [5.41, 5.74) is 3.89. The molecule has 1 atom stereocenters. The molecule has 1 spiro atoms. The second-order valence-electron chi connectivity index (χ2n) is 7.63. The maximum atomic E-state index is 6.36. The lowest BCUT2D eigenvalue weighted by molar-refractivity contribution is -0.116. The van der Waals surface area contributed by atoms with Gasteiger partial charge >= 0.3 is 0 Å². The van der Waals surface area contributed by atoms with Crippen LogP contribution < -0.4 is 4.90 Å². The van der Waals surface area contributed by atoms with E-state index in [9.17, 15) is 0 Å². The van der Waals surface area contributed by atoms with Crippen LogP contribution in [0, 0.1) is 6.92 Å². The lowest BCUT2D eigenvalue weighted by atomic mass is 9.90. The van der Waals surface area contributed by atoms with Crippen LogP contribution >= 0.6 is 0 Å². The van der Waals surface area contributed by atoms with Crippen molar-refractivity contribution in [1.29, 1.82) is 0 Å². The van der Waals surface area contributed by atoms with Crippen LogP contribution in [0.25, 0.3) is 0 Å². The van der Waals surface area contributed by atoms with Crippen molar-refractivity contribution in [3.8, 4) is 0 Å². The average molecular weight is 340 g/mol. The van der Waals surface area contributed by atoms with E-state index in [-0.39, 0.29) is 5.60 Å². The Morgan fingerprint density at radius 2 is 2.16 bits per heavy atom. The first-order valence-electron chi connectivity index (χ1n) is 9.27. The highest BCUT2D eigenvalue weighted by Gasteiger charge is 2.40. The van der Waals surface area contributed by atoms with Crippen molar-refractivity contribution in [2.75, 3.05) is 37.7 Å². The molecule has 0 radical (unpaired) electrons. The zero-order chi connectivity index (χ0) is 17.3. The van der Waals surface area contributed by atoms with Crippen molar-refractivity contribution < 1.29 is 4.74 Å². The highest BCUT2D eigenvalue weighted by Crippen LogP contribution is 2.32. The van der Waals surface area contributed by atoms with Crippen LogP contribution in [0.2, 0.25) is 0 Å². The average Bonchev–Trinajstić information content (AvgIpc) is 3.00. The van der Waals surface area contributed by atoms with Crippen molar-refractivity contribution in [2.45, 2.75) is 31.9 Å². The van der Waals surface area contributed by atoms with Gasteiger partial charge in [0.05, 0.1) is 18.4 Å². The molecule has 1 aromatic heterocycles. The van der Waals surface area contributed by atoms with Crippen LogP contribution in [0.3, 0.4) is 0 Å². The third kappa shape index (κ3) is 3.72. The van der Waals surface area contributed by atoms with Crippen molar-refractivity contribution in [3.63, 3.8) is 0 Å². The Balaban J connectivity index is 1.46. The SMILES string of the molecule is Cc1cccc(N2CCCC3(CN(Cc4cnn(C)c4)CCO3)C2)c1. The highest BCUT2D eigenvalue weighted by atomic mass is 16.5. The van der Waals surface area contributed by atoms with Crippen molar-refractivity contribution in [3.05, 3.63) is 47.8 Å². The minimum absolute atomic E-state index is 0.0392. The second-order valence-corrected chi connectivity index (χ2v) is 7.63. The third-order valence-electron chi connectivity index (χ3n) is 5.40. The number of ether oxygens (including phenoxy) is 1. The molecule has 2 aromatic rings. The molecule has 0 N–H and O–H groups in total. The van der Waals surface area contributed by atoms with Crippen LogP contribution in [-0.4, -0.2) is 53.1 Å². The number of piperidine rings is 1. The van der Waals surface area contributed by atoms with E-state index in [0.29, 0.717) is 0 Å². The largest absolute Gasteiger partial charge is 0.370 e. The molecule has 0 saturated carbocycles. The minimum Gasteiger partial charge on any atom is -0.370 e. The summed E-state index contributed by atoms with van der Waals surface area (Å²) in [4.78, 5) is 5.03. The van der Waals surface area contributed by atoms with Crippen molar-refractivity contribution >= 4 is 5.69 Å². The van der Waals surface area contributed by atoms with Gasteiger partial charge in [0.25, 0.3) is 0 Å². The predicted octanol–water partition coefficient (Wildman–Crippen LogP) is 2.60. The first kappa shape index (κ1) is 16.6. The summed E-state index contributed by atoms with van der Waals surface area (Å²) in [6.07, 6.45) is 6.43. The molecule has 1 unspecified atom stereocenters. The van der Waals surface area contributed by atoms with Gasteiger partial charge in [0.15, 0.2) is 0 Å². The molecule has 25 heavy (non-hydrogen) atoms. The smallest absolute Gasteiger partial charge is 0.0983 e. The number of aryl methyl sites for hydroxylation is 2. The van der Waals surface area contributed by atoms with Gasteiger partial charge in [-0.05, 0) is 37.5 Å². The van der Waals surface area contributed by atoms with E-state index >= 15 is 0 Å². The molecule has 5 nitrogen and oxygen atoms in total. The van der Waals surface area contributed by atoms with Crippen molar-refractivity contribution in [2.24, 2.45) is 7.05 Å². The Kier molecular flexibility index (Phi) is 4.52. The van der Waals surface area contributed by atoms with Gasteiger partial charge in [-0.2, -0.15) is 5.10 Å². The number of rotatable bonds is 3. The minimum atomic E-state index is -0.0392. The lowest BCUT2D eigenvalue weighted by Crippen LogP contribution is -2.59. The number of anilines is 1. The summed E-state index contributed by atoms with van der Waals surface area (Å²) in [7, 11) is 1.98. The third-order valence-corrected chi connectivity index (χ3v) is 5.40. The fourth-order valence-corrected chi connectivity index (χ4v) is 4.26. The maximum Gasteiger partial charge on any atom is 0.0983 e. The summed E-state index contributed by atoms with van der Waals surface area (Å²) in [6.45, 7) is 8.06. The lowest BCUT2D eigenvalue weighted by Gasteiger charge is -2.48. The van der Waals surface area contributed by atoms with E-state index in [4.69, 9.17) is 4.74 Å². The second kappa shape index (κ2) is 6.81. The first-order chi connectivity index (χ1) is 12.1. The standard InChI is InChI=1S/C20H28N4O/c1-17-5-3-6-19(11-17)24-8-4-7-20(16-24)15-23(9-10-25-20)14-18-12-21-22(2)13-18/h3,5-6,11-13H,4,7-10,14-16H2,1-2H3. The molecule has 2 saturated heterocycles. The predicted molar refractivity (Wildman–Crippen MR) is 99.8 cm³/mol. The summed E-state index contributed by atoms with van der Waals surface area (Å²) in [5.74, 6) is 0. The summed E-state index contributed by atoms with van der Waals surface area (Å²) in [6, 6.07) is 8.83. The van der Waals surface area contributed by atoms with Crippen LogP contribution in [0.15, 0.2) is 36.7 Å². The maximum absolute atomic E-state index is 6.36. The molecule has 134 valence electrons. The van der Waals surface area contributed by atoms with E-state index < -0.39 is 0 Å². The molecule has 2 aliphatic rings. The normalized spacial score (nSPS) is 24.8. The summed E-state index contributed by atoms with van der Waals surface area (Å²) < 4.78 is 8.24. The molecule has 0 bridgehead atoms. The number of nitrogens with zero attached hydrogens (tertiary/aromatic N) is 4. The zero-order valence-electron chi connectivity index (χ0n) is 15.3. The van der Waals surface area contributed by atoms with Gasteiger partial charge in [-0.3, -0.25) is 9.58 Å². The molecule has 2 fully saturated rings. The van der Waals surface area contributed by atoms with Crippen LogP contribution in [-0.2, 0) is 18.3 Å². The molecular formula is C20H28N4O. The van der Waals surface area contributed by atoms with Crippen LogP contribution in [0.4, 0.5) is 5.69 Å². The van der Waals surface area contributed by atoms with Gasteiger partial charge in [-0.1, -0.05) is 12.1 Å². The van der Waals surface area contributed by atoms with Gasteiger partial charge in [0.2, 0.25) is 0 Å². The number of aromatic nitrogens is 2. The van der Waals surface area contributed by atoms with E-state index in [1.807, 2.05) is 17.9 Å². The summed E-state index contributed by atoms with van der Waals surface area (Å²) >= 11 is 0. The Labute approximate surface area is 150 Å². The van der Waals surface area contributed by atoms with Crippen LogP contribution in [0.1, 0.15) is 24.0 Å². The molecule has 2 aliphatic heterocycles. The molecular weight excluding hydrogens is 312 g/mol. The highest BCUT2D eigenvalue weighted by molar-refractivity contribution is 5.49. The summed E-state index contributed by atoms with van der Waals surface area (Å²) in [5, 5.41) is 4.30. The fourth-order valence-electron chi connectivity index (χ4n) is 4.26. The topological polar surface area (TPSA) is 33.5 Å². The van der Waals surface area contributed by atoms with Crippen molar-refractivity contribution in [1.82, 2.24) is 14.7 Å². The van der Waals surface area contributed by atoms with Crippen LogP contribution in [0.5, 0.6) is 0 Å². The quantitative estimate of drug-likeness (QED) is 0.860. The van der Waals surface area contributed by atoms with Gasteiger partial charge in [0, 0.05) is 57.2 Å². The molecule has 1 aromatic carbocycles. The van der Waals surface area contributed by atoms with Gasteiger partial charge in [0.1, 0.15) is 0 Å². The molecule has 5 heteroatoms. The Morgan fingerprint density at radius 1 is 1.24 bits per heavy atom. The van der Waals surface area contributed by atoms with E-state index in [2.05, 4.69) is 52.3 Å². The monoisotopic (exact) mass is 340 g/mol. The fraction of sp³-hybridized carbons (Fsp3) is 0.550. The van der Waals surface area contributed by atoms with E-state index in [1.54, 1.807) is 0 Å². The number of morpholine rings is 1. The molecule has 4 rings (SSSR count). The molecule has 0 aliphatic carbocycles. The van der Waals surface area contributed by atoms with Gasteiger partial charge in [-0.15, -0.1) is 0 Å². The molecule has 0 amide bonds. The Hall–Kier alpha value is -1.85. The Morgan fingerprint density at radius 3 is 2.96 bits per heavy atom. The number of hydrogen-bond donors (Lipinski definition) is 0. The first-order valence-corrected chi connectivity index (χ1v) is 9.27.